The second-order valence-corrected chi connectivity index (χ2v) is 7.40. The fraction of sp³-hybridized carbons (Fsp3) is 0.316. The van der Waals surface area contributed by atoms with Gasteiger partial charge in [0.2, 0.25) is 0 Å². The molecule has 0 saturated carbocycles. The number of thiophene rings is 1. The quantitative estimate of drug-likeness (QED) is 0.514. The second kappa shape index (κ2) is 9.86. The molecule has 0 aliphatic carbocycles. The van der Waals surface area contributed by atoms with Crippen LogP contribution in [0.2, 0.25) is 0 Å². The number of hydrogen-bond donors (Lipinski definition) is 3. The SMILES string of the molecule is CC(C)Oc1ccc(Cc2ccc(C3=NCCN3N)cc2)s1.O=C(O)C(=O)O. The second-order valence-electron chi connectivity index (χ2n) is 6.27. The largest absolute Gasteiger partial charge is 0.481 e. The van der Waals surface area contributed by atoms with Crippen molar-refractivity contribution in [2.45, 2.75) is 26.4 Å². The number of aliphatic carboxylic acids is 2. The molecule has 0 radical (unpaired) electrons. The summed E-state index contributed by atoms with van der Waals surface area (Å²) in [6.07, 6.45) is 1.14. The van der Waals surface area contributed by atoms with Crippen molar-refractivity contribution in [3.05, 3.63) is 52.4 Å². The lowest BCUT2D eigenvalue weighted by Crippen LogP contribution is -2.34. The lowest BCUT2D eigenvalue weighted by Gasteiger charge is -2.13. The monoisotopic (exact) mass is 405 g/mol. The van der Waals surface area contributed by atoms with Crippen LogP contribution in [0.5, 0.6) is 5.06 Å². The summed E-state index contributed by atoms with van der Waals surface area (Å²) in [7, 11) is 0. The predicted octanol–water partition coefficient (Wildman–Crippen LogP) is 2.22. The first-order chi connectivity index (χ1) is 13.3. The third-order valence-corrected chi connectivity index (χ3v) is 4.61. The Kier molecular flexibility index (Phi) is 7.53. The van der Waals surface area contributed by atoms with Crippen molar-refractivity contribution in [2.24, 2.45) is 10.8 Å². The standard InChI is InChI=1S/C17H21N3OS.C2H2O4/c1-12(2)21-16-8-7-15(22-16)11-13-3-5-14(6-4-13)17-19-9-10-20(17)18;3-1(4)2(5)6/h3-8,12H,9-11,18H2,1-2H3;(H,3,4)(H,5,6). The van der Waals surface area contributed by atoms with Gasteiger partial charge in [0, 0.05) is 16.9 Å². The van der Waals surface area contributed by atoms with Gasteiger partial charge in [-0.2, -0.15) is 0 Å². The molecular weight excluding hydrogens is 382 g/mol. The Morgan fingerprint density at radius 2 is 1.82 bits per heavy atom. The van der Waals surface area contributed by atoms with Gasteiger partial charge in [-0.3, -0.25) is 10.0 Å². The Hall–Kier alpha value is -2.91. The summed E-state index contributed by atoms with van der Waals surface area (Å²) in [5, 5.41) is 17.5. The molecule has 8 nitrogen and oxygen atoms in total. The Labute approximate surface area is 166 Å². The summed E-state index contributed by atoms with van der Waals surface area (Å²) in [6, 6.07) is 12.7. The number of hydrazine groups is 1. The number of rotatable bonds is 5. The van der Waals surface area contributed by atoms with Crippen LogP contribution in [-0.4, -0.2) is 52.2 Å². The number of ether oxygens (including phenoxy) is 1. The van der Waals surface area contributed by atoms with Gasteiger partial charge in [0.1, 0.15) is 5.84 Å². The molecule has 28 heavy (non-hydrogen) atoms. The Bertz CT molecular complexity index is 834. The number of aliphatic imine (C=N–C) groups is 1. The molecule has 4 N–H and O–H groups in total. The average Bonchev–Trinajstić information content (AvgIpc) is 3.24. The van der Waals surface area contributed by atoms with Crippen LogP contribution in [0.25, 0.3) is 0 Å². The van der Waals surface area contributed by atoms with Crippen molar-refractivity contribution in [3.63, 3.8) is 0 Å². The molecule has 1 aromatic heterocycles. The lowest BCUT2D eigenvalue weighted by atomic mass is 10.1. The van der Waals surface area contributed by atoms with Gasteiger partial charge in [-0.15, -0.1) is 11.3 Å². The minimum atomic E-state index is -1.82. The fourth-order valence-corrected chi connectivity index (χ4v) is 3.45. The number of carboxylic acid groups (broad SMARTS) is 2. The van der Waals surface area contributed by atoms with E-state index in [1.165, 1.54) is 10.4 Å². The highest BCUT2D eigenvalue weighted by atomic mass is 32.1. The maximum Gasteiger partial charge on any atom is 0.414 e. The van der Waals surface area contributed by atoms with Crippen molar-refractivity contribution in [1.82, 2.24) is 5.01 Å². The van der Waals surface area contributed by atoms with E-state index in [0.29, 0.717) is 0 Å². The van der Waals surface area contributed by atoms with Crippen LogP contribution in [-0.2, 0) is 16.0 Å². The molecule has 1 aliphatic heterocycles. The zero-order valence-electron chi connectivity index (χ0n) is 15.7. The van der Waals surface area contributed by atoms with E-state index >= 15 is 0 Å². The van der Waals surface area contributed by atoms with Crippen LogP contribution in [0.3, 0.4) is 0 Å². The number of carbonyl (C=O) groups is 2. The number of nitrogens with two attached hydrogens (primary N) is 1. The van der Waals surface area contributed by atoms with E-state index in [1.54, 1.807) is 16.3 Å². The highest BCUT2D eigenvalue weighted by Crippen LogP contribution is 2.27. The number of amidine groups is 1. The van der Waals surface area contributed by atoms with E-state index in [0.717, 1.165) is 36.0 Å². The van der Waals surface area contributed by atoms with Crippen LogP contribution in [0, 0.1) is 0 Å². The summed E-state index contributed by atoms with van der Waals surface area (Å²) < 4.78 is 5.71. The molecule has 3 rings (SSSR count). The predicted molar refractivity (Wildman–Crippen MR) is 107 cm³/mol. The molecule has 0 amide bonds. The van der Waals surface area contributed by atoms with E-state index in [4.69, 9.17) is 30.4 Å². The summed E-state index contributed by atoms with van der Waals surface area (Å²) in [4.78, 5) is 23.9. The first-order valence-electron chi connectivity index (χ1n) is 8.64. The molecule has 0 unspecified atom stereocenters. The van der Waals surface area contributed by atoms with Gasteiger partial charge in [-0.1, -0.05) is 24.3 Å². The fourth-order valence-electron chi connectivity index (χ4n) is 2.44. The van der Waals surface area contributed by atoms with Gasteiger partial charge in [-0.25, -0.2) is 15.4 Å². The minimum Gasteiger partial charge on any atom is -0.481 e. The van der Waals surface area contributed by atoms with Gasteiger partial charge >= 0.3 is 11.9 Å². The van der Waals surface area contributed by atoms with Crippen molar-refractivity contribution in [2.75, 3.05) is 13.1 Å². The molecule has 0 saturated heterocycles. The molecule has 0 bridgehead atoms. The van der Waals surface area contributed by atoms with E-state index in [9.17, 15) is 0 Å². The molecule has 150 valence electrons. The van der Waals surface area contributed by atoms with Crippen LogP contribution in [0.1, 0.15) is 29.9 Å². The van der Waals surface area contributed by atoms with E-state index in [-0.39, 0.29) is 6.10 Å². The van der Waals surface area contributed by atoms with Crippen LogP contribution in [0.4, 0.5) is 0 Å². The number of hydrogen-bond acceptors (Lipinski definition) is 7. The zero-order chi connectivity index (χ0) is 20.7. The molecule has 2 aromatic rings. The molecule has 1 aromatic carbocycles. The van der Waals surface area contributed by atoms with E-state index in [2.05, 4.69) is 35.3 Å². The highest BCUT2D eigenvalue weighted by Gasteiger charge is 2.15. The lowest BCUT2D eigenvalue weighted by molar-refractivity contribution is -0.159. The van der Waals surface area contributed by atoms with Crippen LogP contribution >= 0.6 is 11.3 Å². The Balaban J connectivity index is 0.000000409. The maximum atomic E-state index is 9.10. The molecule has 0 atom stereocenters. The van der Waals surface area contributed by atoms with Gasteiger partial charge in [0.15, 0.2) is 5.06 Å². The Morgan fingerprint density at radius 3 is 2.32 bits per heavy atom. The van der Waals surface area contributed by atoms with Crippen molar-refractivity contribution in [3.8, 4) is 5.06 Å². The summed E-state index contributed by atoms with van der Waals surface area (Å²) >= 11 is 1.71. The average molecular weight is 405 g/mol. The summed E-state index contributed by atoms with van der Waals surface area (Å²) in [6.45, 7) is 5.67. The zero-order valence-corrected chi connectivity index (χ0v) is 16.5. The van der Waals surface area contributed by atoms with E-state index in [1.807, 2.05) is 19.9 Å². The highest BCUT2D eigenvalue weighted by molar-refractivity contribution is 7.13. The topological polar surface area (TPSA) is 125 Å². The molecule has 0 fully saturated rings. The van der Waals surface area contributed by atoms with Crippen LogP contribution < -0.4 is 10.6 Å². The van der Waals surface area contributed by atoms with Gasteiger partial charge in [-0.05, 0) is 31.5 Å². The van der Waals surface area contributed by atoms with Gasteiger partial charge in [0.25, 0.3) is 0 Å². The summed E-state index contributed by atoms with van der Waals surface area (Å²) in [5.74, 6) is 3.14. The number of nitrogens with zero attached hydrogens (tertiary/aromatic N) is 2. The third kappa shape index (κ3) is 6.36. The van der Waals surface area contributed by atoms with Crippen molar-refractivity contribution in [1.29, 1.82) is 0 Å². The molecule has 0 spiro atoms. The third-order valence-electron chi connectivity index (χ3n) is 3.64. The van der Waals surface area contributed by atoms with E-state index < -0.39 is 11.9 Å². The molecule has 9 heteroatoms. The van der Waals surface area contributed by atoms with Gasteiger partial charge < -0.3 is 14.9 Å². The first kappa shape index (κ1) is 21.4. The van der Waals surface area contributed by atoms with Gasteiger partial charge in [0.05, 0.1) is 19.2 Å². The van der Waals surface area contributed by atoms with Crippen molar-refractivity contribution >= 4 is 29.1 Å². The molecule has 1 aliphatic rings. The normalized spacial score (nSPS) is 13.0. The number of carboxylic acids is 2. The van der Waals surface area contributed by atoms with Crippen LogP contribution in [0.15, 0.2) is 41.4 Å². The maximum absolute atomic E-state index is 9.10. The molecule has 2 heterocycles. The molecular formula is C19H23N3O5S. The minimum absolute atomic E-state index is 0.220. The summed E-state index contributed by atoms with van der Waals surface area (Å²) in [5.41, 5.74) is 2.36. The van der Waals surface area contributed by atoms with Crippen molar-refractivity contribution < 1.29 is 24.5 Å². The number of benzene rings is 1. The Morgan fingerprint density at radius 1 is 1.18 bits per heavy atom. The smallest absolute Gasteiger partial charge is 0.414 e. The first-order valence-corrected chi connectivity index (χ1v) is 9.45.